The molecule has 11 heteroatoms. The van der Waals surface area contributed by atoms with Crippen molar-refractivity contribution in [2.75, 3.05) is 25.6 Å². The van der Waals surface area contributed by atoms with Gasteiger partial charge in [0.05, 0.1) is 10.7 Å². The molecule has 0 spiro atoms. The van der Waals surface area contributed by atoms with Crippen LogP contribution in [0.25, 0.3) is 0 Å². The molecule has 0 aliphatic rings. The lowest BCUT2D eigenvalue weighted by molar-refractivity contribution is -0.117. The van der Waals surface area contributed by atoms with Crippen molar-refractivity contribution in [1.82, 2.24) is 14.9 Å². The first-order valence-electron chi connectivity index (χ1n) is 10.4. The minimum Gasteiger partial charge on any atom is -0.503 e. The van der Waals surface area contributed by atoms with Gasteiger partial charge in [-0.2, -0.15) is 0 Å². The van der Waals surface area contributed by atoms with Gasteiger partial charge in [-0.25, -0.2) is 8.78 Å². The first-order chi connectivity index (χ1) is 15.7. The topological polar surface area (TPSA) is 104 Å². The number of nitrogens with one attached hydrogen (secondary N) is 2. The summed E-state index contributed by atoms with van der Waals surface area (Å²) >= 11 is 5.65. The van der Waals surface area contributed by atoms with Gasteiger partial charge in [0.2, 0.25) is 11.8 Å². The number of unbranched alkanes of at least 4 members (excludes halogenated alkanes) is 3. The first-order valence-corrected chi connectivity index (χ1v) is 10.8. The summed E-state index contributed by atoms with van der Waals surface area (Å²) in [5.74, 6) is -3.39. The molecule has 1 aromatic carbocycles. The van der Waals surface area contributed by atoms with E-state index in [0.29, 0.717) is 13.1 Å². The van der Waals surface area contributed by atoms with Crippen molar-refractivity contribution in [2.24, 2.45) is 0 Å². The van der Waals surface area contributed by atoms with E-state index in [4.69, 9.17) is 11.6 Å². The molecular weight excluding hydrogens is 458 g/mol. The van der Waals surface area contributed by atoms with Crippen molar-refractivity contribution in [3.8, 4) is 5.75 Å². The molecule has 2 aromatic rings. The summed E-state index contributed by atoms with van der Waals surface area (Å²) < 4.78 is 29.3. The number of benzene rings is 1. The molecule has 2 amide bonds. The van der Waals surface area contributed by atoms with Gasteiger partial charge in [-0.1, -0.05) is 24.4 Å². The van der Waals surface area contributed by atoms with Crippen LogP contribution < -0.4 is 16.2 Å². The SMILES string of the molecule is Cc1c(O)c(=O)c(C(=O)NCc2c(F)ccc(Cl)c2F)cn1NCCCCCCN(C)C=O. The Bertz CT molecular complexity index is 1060. The zero-order chi connectivity index (χ0) is 24.5. The number of aromatic hydroxyl groups is 1. The number of nitrogens with zero attached hydrogens (tertiary/aromatic N) is 2. The van der Waals surface area contributed by atoms with Crippen LogP contribution in [0.4, 0.5) is 8.78 Å². The second-order valence-corrected chi connectivity index (χ2v) is 8.00. The third kappa shape index (κ3) is 6.92. The molecule has 0 unspecified atom stereocenters. The Morgan fingerprint density at radius 2 is 1.94 bits per heavy atom. The van der Waals surface area contributed by atoms with Crippen LogP contribution in [0.15, 0.2) is 23.1 Å². The third-order valence-electron chi connectivity index (χ3n) is 5.13. The highest BCUT2D eigenvalue weighted by molar-refractivity contribution is 6.30. The number of aromatic nitrogens is 1. The Labute approximate surface area is 195 Å². The number of halogens is 3. The number of pyridine rings is 1. The fraction of sp³-hybridized carbons (Fsp3) is 0.409. The monoisotopic (exact) mass is 484 g/mol. The molecule has 0 aliphatic carbocycles. The van der Waals surface area contributed by atoms with Crippen molar-refractivity contribution in [1.29, 1.82) is 0 Å². The summed E-state index contributed by atoms with van der Waals surface area (Å²) in [5.41, 5.74) is 1.52. The molecular formula is C22H27ClF2N4O4. The molecule has 2 rings (SSSR count). The van der Waals surface area contributed by atoms with Gasteiger partial charge >= 0.3 is 0 Å². The summed E-state index contributed by atoms with van der Waals surface area (Å²) in [5, 5.41) is 12.1. The number of rotatable bonds is 12. The highest BCUT2D eigenvalue weighted by atomic mass is 35.5. The highest BCUT2D eigenvalue weighted by Gasteiger charge is 2.19. The lowest BCUT2D eigenvalue weighted by Gasteiger charge is -2.16. The molecule has 0 saturated heterocycles. The molecule has 0 atom stereocenters. The van der Waals surface area contributed by atoms with Gasteiger partial charge in [0.25, 0.3) is 5.91 Å². The minimum atomic E-state index is -0.999. The van der Waals surface area contributed by atoms with Crippen molar-refractivity contribution in [3.63, 3.8) is 0 Å². The first kappa shape index (κ1) is 26.1. The van der Waals surface area contributed by atoms with Gasteiger partial charge in [0, 0.05) is 38.4 Å². The molecule has 0 radical (unpaired) electrons. The zero-order valence-corrected chi connectivity index (χ0v) is 19.2. The molecule has 1 heterocycles. The number of carbonyl (C=O) groups is 2. The predicted molar refractivity (Wildman–Crippen MR) is 121 cm³/mol. The Balaban J connectivity index is 2.01. The maximum atomic E-state index is 14.0. The average molecular weight is 485 g/mol. The smallest absolute Gasteiger partial charge is 0.257 e. The Morgan fingerprint density at radius 1 is 1.24 bits per heavy atom. The standard InChI is InChI=1S/C22H27ClF2N4O4/c1-14-20(31)21(32)16(12-29(14)27-9-5-3-4-6-10-28(2)13-30)22(33)26-11-15-18(24)8-7-17(23)19(15)25/h7-8,12-13,27,31H,3-6,9-11H2,1-2H3,(H,26,33). The lowest BCUT2D eigenvalue weighted by Crippen LogP contribution is -2.32. The van der Waals surface area contributed by atoms with Crippen LogP contribution in [0.3, 0.4) is 0 Å². The summed E-state index contributed by atoms with van der Waals surface area (Å²) in [6.07, 6.45) is 5.50. The van der Waals surface area contributed by atoms with Crippen LogP contribution >= 0.6 is 11.6 Å². The second-order valence-electron chi connectivity index (χ2n) is 7.59. The summed E-state index contributed by atoms with van der Waals surface area (Å²) in [4.78, 5) is 37.0. The van der Waals surface area contributed by atoms with E-state index in [1.54, 1.807) is 11.9 Å². The third-order valence-corrected chi connectivity index (χ3v) is 5.42. The highest BCUT2D eigenvalue weighted by Crippen LogP contribution is 2.21. The van der Waals surface area contributed by atoms with Crippen LogP contribution in [-0.4, -0.2) is 47.1 Å². The maximum Gasteiger partial charge on any atom is 0.257 e. The number of hydrogen-bond acceptors (Lipinski definition) is 5. The Hall–Kier alpha value is -3.14. The summed E-state index contributed by atoms with van der Waals surface area (Å²) in [6, 6.07) is 2.03. The lowest BCUT2D eigenvalue weighted by atomic mass is 10.1. The molecule has 180 valence electrons. The van der Waals surface area contributed by atoms with Crippen molar-refractivity contribution in [3.05, 3.63) is 62.0 Å². The molecule has 8 nitrogen and oxygen atoms in total. The van der Waals surface area contributed by atoms with Crippen molar-refractivity contribution in [2.45, 2.75) is 39.2 Å². The van der Waals surface area contributed by atoms with Crippen molar-refractivity contribution < 1.29 is 23.5 Å². The average Bonchev–Trinajstić information content (AvgIpc) is 2.80. The normalized spacial score (nSPS) is 10.7. The molecule has 1 aromatic heterocycles. The van der Waals surface area contributed by atoms with E-state index in [0.717, 1.165) is 44.2 Å². The van der Waals surface area contributed by atoms with Crippen LogP contribution in [0.5, 0.6) is 5.75 Å². The second kappa shape index (κ2) is 12.2. The van der Waals surface area contributed by atoms with E-state index >= 15 is 0 Å². The van der Waals surface area contributed by atoms with Gasteiger partial charge in [-0.3, -0.25) is 19.1 Å². The van der Waals surface area contributed by atoms with Gasteiger partial charge in [0.15, 0.2) is 5.75 Å². The molecule has 0 aliphatic heterocycles. The van der Waals surface area contributed by atoms with Gasteiger partial charge in [-0.15, -0.1) is 0 Å². The Kier molecular flexibility index (Phi) is 9.65. The van der Waals surface area contributed by atoms with E-state index in [2.05, 4.69) is 10.7 Å². The quantitative estimate of drug-likeness (QED) is 0.244. The maximum absolute atomic E-state index is 14.0. The fourth-order valence-corrected chi connectivity index (χ4v) is 3.28. The number of hydrogen-bond donors (Lipinski definition) is 3. The zero-order valence-electron chi connectivity index (χ0n) is 18.5. The Morgan fingerprint density at radius 3 is 2.64 bits per heavy atom. The molecule has 0 bridgehead atoms. The fourth-order valence-electron chi connectivity index (χ4n) is 3.10. The minimum absolute atomic E-state index is 0.219. The van der Waals surface area contributed by atoms with Crippen LogP contribution in [0.2, 0.25) is 5.02 Å². The predicted octanol–water partition coefficient (Wildman–Crippen LogP) is 2.92. The molecule has 0 saturated carbocycles. The van der Waals surface area contributed by atoms with E-state index in [1.807, 2.05) is 0 Å². The van der Waals surface area contributed by atoms with Gasteiger partial charge in [-0.05, 0) is 31.9 Å². The number of carbonyl (C=O) groups excluding carboxylic acids is 2. The van der Waals surface area contributed by atoms with Crippen LogP contribution in [-0.2, 0) is 11.3 Å². The van der Waals surface area contributed by atoms with Gasteiger partial charge in [0.1, 0.15) is 17.2 Å². The van der Waals surface area contributed by atoms with Crippen molar-refractivity contribution >= 4 is 23.9 Å². The largest absolute Gasteiger partial charge is 0.503 e. The van der Waals surface area contributed by atoms with E-state index in [9.17, 15) is 28.3 Å². The molecule has 0 fully saturated rings. The molecule has 3 N–H and O–H groups in total. The molecule has 33 heavy (non-hydrogen) atoms. The number of amides is 2. The van der Waals surface area contributed by atoms with Gasteiger partial charge < -0.3 is 20.7 Å². The van der Waals surface area contributed by atoms with E-state index in [1.165, 1.54) is 17.8 Å². The van der Waals surface area contributed by atoms with E-state index < -0.39 is 40.8 Å². The van der Waals surface area contributed by atoms with E-state index in [-0.39, 0.29) is 16.3 Å². The summed E-state index contributed by atoms with van der Waals surface area (Å²) in [7, 11) is 1.72. The summed E-state index contributed by atoms with van der Waals surface area (Å²) in [6.45, 7) is 2.17. The van der Waals surface area contributed by atoms with Crippen LogP contribution in [0.1, 0.15) is 47.3 Å². The van der Waals surface area contributed by atoms with Crippen LogP contribution in [0, 0.1) is 18.6 Å².